The van der Waals surface area contributed by atoms with Gasteiger partial charge < -0.3 is 9.47 Å². The summed E-state index contributed by atoms with van der Waals surface area (Å²) in [4.78, 5) is 12.7. The molecule has 3 rings (SSSR count). The van der Waals surface area contributed by atoms with E-state index in [-0.39, 0.29) is 11.6 Å². The van der Waals surface area contributed by atoms with Gasteiger partial charge in [-0.05, 0) is 61.0 Å². The van der Waals surface area contributed by atoms with Gasteiger partial charge in [-0.15, -0.1) is 0 Å². The van der Waals surface area contributed by atoms with Crippen LogP contribution in [0.4, 0.5) is 4.39 Å². The van der Waals surface area contributed by atoms with Crippen molar-refractivity contribution in [1.82, 2.24) is 9.78 Å². The molecule has 0 aliphatic rings. The first-order chi connectivity index (χ1) is 13.4. The van der Waals surface area contributed by atoms with Gasteiger partial charge in [-0.25, -0.2) is 9.07 Å². The number of hydrogen-bond donors (Lipinski definition) is 0. The Morgan fingerprint density at radius 3 is 2.43 bits per heavy atom. The molecule has 0 saturated heterocycles. The molecule has 0 amide bonds. The molecule has 0 bridgehead atoms. The van der Waals surface area contributed by atoms with Gasteiger partial charge in [-0.1, -0.05) is 15.9 Å². The number of halogens is 2. The lowest BCUT2D eigenvalue weighted by Crippen LogP contribution is -2.01. The topological polar surface area (TPSA) is 53.3 Å². The molecule has 28 heavy (non-hydrogen) atoms. The standard InChI is InChI=1S/C21H18BrFN2O3/c1-13-17(12-24-25(13)16-7-5-15(23)6-8-16)19(26)9-4-14-10-20(27-2)21(28-3)11-18(14)22/h4-12H,1-3H3/b9-4+. The second-order valence-electron chi connectivity index (χ2n) is 5.96. The maximum Gasteiger partial charge on any atom is 0.189 e. The van der Waals surface area contributed by atoms with Crippen molar-refractivity contribution in [2.75, 3.05) is 14.2 Å². The van der Waals surface area contributed by atoms with E-state index < -0.39 is 0 Å². The van der Waals surface area contributed by atoms with E-state index in [9.17, 15) is 9.18 Å². The summed E-state index contributed by atoms with van der Waals surface area (Å²) in [5.74, 6) is 0.646. The number of hydrogen-bond acceptors (Lipinski definition) is 4. The van der Waals surface area contributed by atoms with Crippen LogP contribution in [-0.2, 0) is 0 Å². The number of carbonyl (C=O) groups excluding carboxylic acids is 1. The van der Waals surface area contributed by atoms with E-state index in [1.807, 2.05) is 0 Å². The van der Waals surface area contributed by atoms with Gasteiger partial charge in [0.1, 0.15) is 5.82 Å². The molecule has 1 aromatic heterocycles. The highest BCUT2D eigenvalue weighted by molar-refractivity contribution is 9.10. The van der Waals surface area contributed by atoms with E-state index in [4.69, 9.17) is 9.47 Å². The molecule has 0 N–H and O–H groups in total. The third-order valence-corrected chi connectivity index (χ3v) is 4.95. The van der Waals surface area contributed by atoms with Crippen LogP contribution in [0.5, 0.6) is 11.5 Å². The SMILES string of the molecule is COc1cc(Br)c(/C=C/C(=O)c2cnn(-c3ccc(F)cc3)c2C)cc1OC. The van der Waals surface area contributed by atoms with Crippen LogP contribution in [0.1, 0.15) is 21.6 Å². The van der Waals surface area contributed by atoms with Gasteiger partial charge in [0.15, 0.2) is 17.3 Å². The number of methoxy groups -OCH3 is 2. The lowest BCUT2D eigenvalue weighted by Gasteiger charge is -2.09. The summed E-state index contributed by atoms with van der Waals surface area (Å²) in [7, 11) is 3.11. The molecule has 1 heterocycles. The third kappa shape index (κ3) is 3.99. The second-order valence-corrected chi connectivity index (χ2v) is 6.81. The van der Waals surface area contributed by atoms with Crippen molar-refractivity contribution in [3.8, 4) is 17.2 Å². The summed E-state index contributed by atoms with van der Waals surface area (Å²) >= 11 is 3.47. The van der Waals surface area contributed by atoms with Crippen LogP contribution in [0.15, 0.2) is 53.1 Å². The summed E-state index contributed by atoms with van der Waals surface area (Å²) < 4.78 is 26.0. The smallest absolute Gasteiger partial charge is 0.189 e. The molecular weight excluding hydrogens is 427 g/mol. The Balaban J connectivity index is 1.87. The van der Waals surface area contributed by atoms with Gasteiger partial charge in [0.25, 0.3) is 0 Å². The fourth-order valence-corrected chi connectivity index (χ4v) is 3.20. The van der Waals surface area contributed by atoms with E-state index in [1.54, 1.807) is 56.2 Å². The van der Waals surface area contributed by atoms with Crippen LogP contribution in [0.3, 0.4) is 0 Å². The van der Waals surface area contributed by atoms with Gasteiger partial charge in [0.05, 0.1) is 37.4 Å². The van der Waals surface area contributed by atoms with Crippen LogP contribution in [-0.4, -0.2) is 29.8 Å². The number of ether oxygens (including phenoxy) is 2. The van der Waals surface area contributed by atoms with Crippen LogP contribution in [0.2, 0.25) is 0 Å². The molecule has 7 heteroatoms. The molecule has 0 atom stereocenters. The van der Waals surface area contributed by atoms with Gasteiger partial charge in [0, 0.05) is 4.47 Å². The normalized spacial score (nSPS) is 11.0. The molecule has 0 unspecified atom stereocenters. The Morgan fingerprint density at radius 1 is 1.14 bits per heavy atom. The molecule has 3 aromatic rings. The Morgan fingerprint density at radius 2 is 1.79 bits per heavy atom. The molecule has 0 saturated carbocycles. The molecule has 144 valence electrons. The van der Waals surface area contributed by atoms with Gasteiger partial charge in [0.2, 0.25) is 0 Å². The Hall–Kier alpha value is -2.93. The predicted octanol–water partition coefficient (Wildman–Crippen LogP) is 5.00. The lowest BCUT2D eigenvalue weighted by atomic mass is 10.1. The molecule has 0 fully saturated rings. The zero-order chi connectivity index (χ0) is 20.3. The van der Waals surface area contributed by atoms with Gasteiger partial charge in [-0.2, -0.15) is 5.10 Å². The van der Waals surface area contributed by atoms with E-state index in [0.717, 1.165) is 10.0 Å². The number of nitrogens with zero attached hydrogens (tertiary/aromatic N) is 2. The largest absolute Gasteiger partial charge is 0.493 e. The Bertz CT molecular complexity index is 1040. The van der Waals surface area contributed by atoms with Crippen molar-refractivity contribution >= 4 is 27.8 Å². The predicted molar refractivity (Wildman–Crippen MR) is 109 cm³/mol. The number of benzene rings is 2. The maximum absolute atomic E-state index is 13.1. The molecule has 0 aliphatic carbocycles. The number of carbonyl (C=O) groups is 1. The van der Waals surface area contributed by atoms with Crippen molar-refractivity contribution in [2.45, 2.75) is 6.92 Å². The lowest BCUT2D eigenvalue weighted by molar-refractivity contribution is 0.104. The minimum Gasteiger partial charge on any atom is -0.493 e. The number of aromatic nitrogens is 2. The fraction of sp³-hybridized carbons (Fsp3) is 0.143. The molecule has 0 spiro atoms. The molecule has 0 aliphatic heterocycles. The highest BCUT2D eigenvalue weighted by Gasteiger charge is 2.14. The van der Waals surface area contributed by atoms with Crippen molar-refractivity contribution in [3.63, 3.8) is 0 Å². The first kappa shape index (κ1) is 19.8. The van der Waals surface area contributed by atoms with Crippen LogP contribution < -0.4 is 9.47 Å². The monoisotopic (exact) mass is 444 g/mol. The highest BCUT2D eigenvalue weighted by Crippen LogP contribution is 2.34. The third-order valence-electron chi connectivity index (χ3n) is 4.26. The zero-order valence-electron chi connectivity index (χ0n) is 15.6. The van der Waals surface area contributed by atoms with Crippen molar-refractivity contribution in [1.29, 1.82) is 0 Å². The number of ketones is 1. The minimum atomic E-state index is -0.326. The molecule has 0 radical (unpaired) electrons. The van der Waals surface area contributed by atoms with E-state index in [1.165, 1.54) is 24.4 Å². The quantitative estimate of drug-likeness (QED) is 0.396. The minimum absolute atomic E-state index is 0.187. The van der Waals surface area contributed by atoms with E-state index >= 15 is 0 Å². The van der Waals surface area contributed by atoms with E-state index in [2.05, 4.69) is 21.0 Å². The first-order valence-corrected chi connectivity index (χ1v) is 9.18. The van der Waals surface area contributed by atoms with E-state index in [0.29, 0.717) is 28.4 Å². The number of allylic oxidation sites excluding steroid dienone is 1. The summed E-state index contributed by atoms with van der Waals surface area (Å²) in [6.07, 6.45) is 4.68. The van der Waals surface area contributed by atoms with Crippen LogP contribution in [0.25, 0.3) is 11.8 Å². The average molecular weight is 445 g/mol. The van der Waals surface area contributed by atoms with Crippen molar-refractivity contribution in [3.05, 3.63) is 75.8 Å². The Labute approximate surface area is 170 Å². The fourth-order valence-electron chi connectivity index (χ4n) is 2.75. The zero-order valence-corrected chi connectivity index (χ0v) is 17.2. The van der Waals surface area contributed by atoms with Gasteiger partial charge >= 0.3 is 0 Å². The highest BCUT2D eigenvalue weighted by atomic mass is 79.9. The number of rotatable bonds is 6. The van der Waals surface area contributed by atoms with Gasteiger partial charge in [-0.3, -0.25) is 4.79 Å². The summed E-state index contributed by atoms with van der Waals surface area (Å²) in [6, 6.07) is 9.49. The molecule has 5 nitrogen and oxygen atoms in total. The Kier molecular flexibility index (Phi) is 5.94. The molecule has 2 aromatic carbocycles. The first-order valence-electron chi connectivity index (χ1n) is 8.39. The summed E-state index contributed by atoms with van der Waals surface area (Å²) in [5.41, 5.74) is 2.60. The summed E-state index contributed by atoms with van der Waals surface area (Å²) in [6.45, 7) is 1.80. The molecular formula is C21H18BrFN2O3. The average Bonchev–Trinajstić information content (AvgIpc) is 3.08. The maximum atomic E-state index is 13.1. The van der Waals surface area contributed by atoms with Crippen molar-refractivity contribution in [2.24, 2.45) is 0 Å². The van der Waals surface area contributed by atoms with Crippen LogP contribution >= 0.6 is 15.9 Å². The van der Waals surface area contributed by atoms with Crippen LogP contribution in [0, 0.1) is 12.7 Å². The second kappa shape index (κ2) is 8.39. The summed E-state index contributed by atoms with van der Waals surface area (Å²) in [5, 5.41) is 4.25. The van der Waals surface area contributed by atoms with Crippen molar-refractivity contribution < 1.29 is 18.7 Å².